The lowest BCUT2D eigenvalue weighted by atomic mass is 10.1. The molecule has 0 aliphatic heterocycles. The van der Waals surface area contributed by atoms with Gasteiger partial charge < -0.3 is 4.74 Å². The van der Waals surface area contributed by atoms with Gasteiger partial charge in [-0.05, 0) is 18.6 Å². The SMILES string of the molecule is CCCCCCCCCCCCOc1cc(Cl)nc2ccccc12. The Morgan fingerprint density at radius 3 is 2.21 bits per heavy atom. The van der Waals surface area contributed by atoms with Gasteiger partial charge in [-0.15, -0.1) is 0 Å². The number of benzene rings is 1. The highest BCUT2D eigenvalue weighted by Gasteiger charge is 2.05. The van der Waals surface area contributed by atoms with E-state index in [0.29, 0.717) is 5.15 Å². The highest BCUT2D eigenvalue weighted by atomic mass is 35.5. The molecular weight excluding hydrogens is 318 g/mol. The van der Waals surface area contributed by atoms with Crippen LogP contribution >= 0.6 is 11.6 Å². The molecule has 0 aliphatic carbocycles. The zero-order chi connectivity index (χ0) is 17.0. The average molecular weight is 348 g/mol. The van der Waals surface area contributed by atoms with E-state index in [4.69, 9.17) is 16.3 Å². The number of fused-ring (bicyclic) bond motifs is 1. The number of hydrogen-bond donors (Lipinski definition) is 0. The Morgan fingerprint density at radius 1 is 0.875 bits per heavy atom. The Morgan fingerprint density at radius 2 is 1.50 bits per heavy atom. The molecule has 2 nitrogen and oxygen atoms in total. The fraction of sp³-hybridized carbons (Fsp3) is 0.571. The third kappa shape index (κ3) is 6.68. The number of halogens is 1. The van der Waals surface area contributed by atoms with Gasteiger partial charge in [0.15, 0.2) is 0 Å². The molecule has 0 radical (unpaired) electrons. The second kappa shape index (κ2) is 11.3. The van der Waals surface area contributed by atoms with Crippen molar-refractivity contribution in [3.63, 3.8) is 0 Å². The van der Waals surface area contributed by atoms with Crippen LogP contribution in [0.3, 0.4) is 0 Å². The van der Waals surface area contributed by atoms with Crippen LogP contribution in [-0.2, 0) is 0 Å². The van der Waals surface area contributed by atoms with Crippen molar-refractivity contribution in [3.05, 3.63) is 35.5 Å². The van der Waals surface area contributed by atoms with Gasteiger partial charge >= 0.3 is 0 Å². The van der Waals surface area contributed by atoms with Crippen LogP contribution in [0.15, 0.2) is 30.3 Å². The van der Waals surface area contributed by atoms with Crippen molar-refractivity contribution in [3.8, 4) is 5.75 Å². The van der Waals surface area contributed by atoms with Crippen molar-refractivity contribution in [2.75, 3.05) is 6.61 Å². The molecule has 0 bridgehead atoms. The first-order chi connectivity index (χ1) is 11.8. The summed E-state index contributed by atoms with van der Waals surface area (Å²) in [5, 5.41) is 1.53. The predicted octanol–water partition coefficient (Wildman–Crippen LogP) is 7.19. The van der Waals surface area contributed by atoms with E-state index in [9.17, 15) is 0 Å². The molecule has 1 heterocycles. The van der Waals surface area contributed by atoms with E-state index >= 15 is 0 Å². The van der Waals surface area contributed by atoms with Crippen LogP contribution < -0.4 is 4.74 Å². The van der Waals surface area contributed by atoms with E-state index in [1.54, 1.807) is 0 Å². The van der Waals surface area contributed by atoms with Gasteiger partial charge in [0.25, 0.3) is 0 Å². The molecule has 1 aromatic carbocycles. The van der Waals surface area contributed by atoms with Gasteiger partial charge in [0, 0.05) is 11.5 Å². The Hall–Kier alpha value is -1.28. The molecule has 2 aromatic rings. The summed E-state index contributed by atoms with van der Waals surface area (Å²) in [6.07, 6.45) is 13.3. The molecule has 0 atom stereocenters. The Balaban J connectivity index is 1.60. The highest BCUT2D eigenvalue weighted by molar-refractivity contribution is 6.30. The van der Waals surface area contributed by atoms with Gasteiger partial charge in [-0.25, -0.2) is 4.98 Å². The minimum atomic E-state index is 0.492. The summed E-state index contributed by atoms with van der Waals surface area (Å²) in [5.41, 5.74) is 0.892. The zero-order valence-corrected chi connectivity index (χ0v) is 15.7. The fourth-order valence-electron chi connectivity index (χ4n) is 3.00. The summed E-state index contributed by atoms with van der Waals surface area (Å²) in [4.78, 5) is 4.33. The minimum absolute atomic E-state index is 0.492. The molecule has 0 amide bonds. The molecule has 0 saturated carbocycles. The fourth-order valence-corrected chi connectivity index (χ4v) is 3.19. The van der Waals surface area contributed by atoms with Gasteiger partial charge in [-0.3, -0.25) is 0 Å². The van der Waals surface area contributed by atoms with Crippen molar-refractivity contribution >= 4 is 22.5 Å². The van der Waals surface area contributed by atoms with Crippen LogP contribution in [0.5, 0.6) is 5.75 Å². The first-order valence-corrected chi connectivity index (χ1v) is 9.87. The van der Waals surface area contributed by atoms with Gasteiger partial charge in [-0.1, -0.05) is 88.4 Å². The van der Waals surface area contributed by atoms with Crippen molar-refractivity contribution in [2.24, 2.45) is 0 Å². The molecule has 1 aromatic heterocycles. The van der Waals surface area contributed by atoms with Crippen molar-refractivity contribution in [1.29, 1.82) is 0 Å². The van der Waals surface area contributed by atoms with E-state index in [-0.39, 0.29) is 0 Å². The summed E-state index contributed by atoms with van der Waals surface area (Å²) >= 11 is 6.08. The molecule has 2 rings (SSSR count). The van der Waals surface area contributed by atoms with Crippen LogP contribution in [0.25, 0.3) is 10.9 Å². The topological polar surface area (TPSA) is 22.1 Å². The number of rotatable bonds is 12. The summed E-state index contributed by atoms with van der Waals surface area (Å²) in [6.45, 7) is 3.02. The minimum Gasteiger partial charge on any atom is -0.493 e. The molecule has 0 N–H and O–H groups in total. The quantitative estimate of drug-likeness (QED) is 0.299. The Labute approximate surface area is 151 Å². The van der Waals surface area contributed by atoms with Crippen LogP contribution in [0, 0.1) is 0 Å². The smallest absolute Gasteiger partial charge is 0.133 e. The summed E-state index contributed by atoms with van der Waals surface area (Å²) < 4.78 is 5.95. The van der Waals surface area contributed by atoms with Crippen LogP contribution in [0.4, 0.5) is 0 Å². The monoisotopic (exact) mass is 347 g/mol. The van der Waals surface area contributed by atoms with Gasteiger partial charge in [-0.2, -0.15) is 0 Å². The lowest BCUT2D eigenvalue weighted by Crippen LogP contribution is -1.98. The molecular formula is C21H30ClNO. The number of ether oxygens (including phenoxy) is 1. The normalized spacial score (nSPS) is 11.1. The van der Waals surface area contributed by atoms with Gasteiger partial charge in [0.05, 0.1) is 12.1 Å². The third-order valence-electron chi connectivity index (χ3n) is 4.40. The van der Waals surface area contributed by atoms with E-state index < -0.39 is 0 Å². The number of hydrogen-bond acceptors (Lipinski definition) is 2. The number of unbranched alkanes of at least 4 members (excludes halogenated alkanes) is 9. The molecule has 0 spiro atoms. The first kappa shape index (κ1) is 19.1. The first-order valence-electron chi connectivity index (χ1n) is 9.49. The molecule has 0 fully saturated rings. The number of nitrogens with zero attached hydrogens (tertiary/aromatic N) is 1. The number of aromatic nitrogens is 1. The Kier molecular flexibility index (Phi) is 8.97. The maximum Gasteiger partial charge on any atom is 0.133 e. The molecule has 3 heteroatoms. The van der Waals surface area contributed by atoms with Crippen molar-refractivity contribution < 1.29 is 4.74 Å². The van der Waals surface area contributed by atoms with Gasteiger partial charge in [0.2, 0.25) is 0 Å². The maximum atomic E-state index is 6.08. The molecule has 0 saturated heterocycles. The maximum absolute atomic E-state index is 6.08. The average Bonchev–Trinajstić information content (AvgIpc) is 2.59. The number of pyridine rings is 1. The second-order valence-electron chi connectivity index (χ2n) is 6.49. The summed E-state index contributed by atoms with van der Waals surface area (Å²) in [5.74, 6) is 0.849. The highest BCUT2D eigenvalue weighted by Crippen LogP contribution is 2.27. The largest absolute Gasteiger partial charge is 0.493 e. The van der Waals surface area contributed by atoms with E-state index in [0.717, 1.165) is 29.7 Å². The van der Waals surface area contributed by atoms with Crippen LogP contribution in [0.2, 0.25) is 5.15 Å². The second-order valence-corrected chi connectivity index (χ2v) is 6.88. The molecule has 24 heavy (non-hydrogen) atoms. The third-order valence-corrected chi connectivity index (χ3v) is 4.60. The lowest BCUT2D eigenvalue weighted by Gasteiger charge is -2.09. The Bertz CT molecular complexity index is 599. The van der Waals surface area contributed by atoms with E-state index in [2.05, 4.69) is 11.9 Å². The van der Waals surface area contributed by atoms with E-state index in [1.807, 2.05) is 30.3 Å². The standard InChI is InChI=1S/C21H30ClNO/c1-2-3-4-5-6-7-8-9-10-13-16-24-20-17-21(22)23-19-15-12-11-14-18(19)20/h11-12,14-15,17H,2-10,13,16H2,1H3. The van der Waals surface area contributed by atoms with E-state index in [1.165, 1.54) is 57.8 Å². The lowest BCUT2D eigenvalue weighted by molar-refractivity contribution is 0.307. The molecule has 0 unspecified atom stereocenters. The van der Waals surface area contributed by atoms with Crippen molar-refractivity contribution in [1.82, 2.24) is 4.98 Å². The summed E-state index contributed by atoms with van der Waals surface area (Å²) in [7, 11) is 0. The van der Waals surface area contributed by atoms with Crippen LogP contribution in [-0.4, -0.2) is 11.6 Å². The number of para-hydroxylation sites is 1. The predicted molar refractivity (Wildman–Crippen MR) is 104 cm³/mol. The molecule has 132 valence electrons. The van der Waals surface area contributed by atoms with Gasteiger partial charge in [0.1, 0.15) is 10.9 Å². The zero-order valence-electron chi connectivity index (χ0n) is 14.9. The molecule has 0 aliphatic rings. The van der Waals surface area contributed by atoms with Crippen LogP contribution in [0.1, 0.15) is 71.1 Å². The van der Waals surface area contributed by atoms with Crippen molar-refractivity contribution in [2.45, 2.75) is 71.1 Å². The summed E-state index contributed by atoms with van der Waals surface area (Å²) in [6, 6.07) is 9.80.